The van der Waals surface area contributed by atoms with Crippen LogP contribution in [0.2, 0.25) is 0 Å². The number of amides is 2. The van der Waals surface area contributed by atoms with E-state index >= 15 is 0 Å². The molecule has 0 aliphatic heterocycles. The second-order valence-corrected chi connectivity index (χ2v) is 6.22. The number of nitrogens with one attached hydrogen (secondary N) is 2. The van der Waals surface area contributed by atoms with Crippen LogP contribution >= 0.6 is 0 Å². The molecule has 8 heteroatoms. The number of ether oxygens (including phenoxy) is 1. The fourth-order valence-electron chi connectivity index (χ4n) is 2.48. The van der Waals surface area contributed by atoms with E-state index in [0.717, 1.165) is 11.4 Å². The van der Waals surface area contributed by atoms with Gasteiger partial charge in [0.25, 0.3) is 0 Å². The number of urea groups is 1. The summed E-state index contributed by atoms with van der Waals surface area (Å²) >= 11 is 0. The first kappa shape index (κ1) is 18.5. The predicted octanol–water partition coefficient (Wildman–Crippen LogP) is 3.70. The lowest BCUT2D eigenvalue weighted by Crippen LogP contribution is -2.28. The zero-order chi connectivity index (χ0) is 19.2. The molecular weight excluding hydrogens is 346 g/mol. The first-order chi connectivity index (χ1) is 13.1. The maximum absolute atomic E-state index is 12.2. The lowest BCUT2D eigenvalue weighted by Gasteiger charge is -2.14. The van der Waals surface area contributed by atoms with Gasteiger partial charge < -0.3 is 24.5 Å². The third-order valence-electron chi connectivity index (χ3n) is 3.78. The number of nitrogens with zero attached hydrogens (tertiary/aromatic N) is 3. The number of anilines is 1. The van der Waals surface area contributed by atoms with Crippen molar-refractivity contribution in [1.82, 2.24) is 20.0 Å². The van der Waals surface area contributed by atoms with E-state index in [-0.39, 0.29) is 18.5 Å². The molecule has 0 aliphatic rings. The summed E-state index contributed by atoms with van der Waals surface area (Å²) in [5, 5.41) is 9.38. The summed E-state index contributed by atoms with van der Waals surface area (Å²) < 4.78 is 12.7. The van der Waals surface area contributed by atoms with E-state index in [4.69, 9.17) is 9.26 Å². The Labute approximate surface area is 157 Å². The molecule has 0 unspecified atom stereocenters. The van der Waals surface area contributed by atoms with Crippen LogP contribution in [0.15, 0.2) is 47.2 Å². The van der Waals surface area contributed by atoms with Crippen molar-refractivity contribution in [2.45, 2.75) is 33.2 Å². The highest BCUT2D eigenvalue weighted by molar-refractivity contribution is 5.89. The number of aromatic nitrogens is 3. The molecule has 2 N–H and O–H groups in total. The van der Waals surface area contributed by atoms with Gasteiger partial charge in [-0.3, -0.25) is 0 Å². The summed E-state index contributed by atoms with van der Waals surface area (Å²) in [7, 11) is 0. The van der Waals surface area contributed by atoms with Gasteiger partial charge in [-0.15, -0.1) is 0 Å². The van der Waals surface area contributed by atoms with Gasteiger partial charge in [0.2, 0.25) is 5.89 Å². The Bertz CT molecular complexity index is 887. The Kier molecular flexibility index (Phi) is 5.75. The molecule has 0 aliphatic carbocycles. The molecule has 1 aromatic carbocycles. The molecule has 0 radical (unpaired) electrons. The number of hydrogen-bond acceptors (Lipinski definition) is 5. The van der Waals surface area contributed by atoms with E-state index in [9.17, 15) is 4.79 Å². The molecule has 0 fully saturated rings. The Morgan fingerprint density at radius 1 is 1.30 bits per heavy atom. The van der Waals surface area contributed by atoms with Crippen molar-refractivity contribution in [3.8, 4) is 11.4 Å². The van der Waals surface area contributed by atoms with Crippen molar-refractivity contribution >= 4 is 11.7 Å². The second-order valence-electron chi connectivity index (χ2n) is 6.22. The van der Waals surface area contributed by atoms with Gasteiger partial charge in [0.05, 0.1) is 18.8 Å². The molecule has 0 saturated heterocycles. The normalized spacial score (nSPS) is 10.8. The fraction of sp³-hybridized carbons (Fsp3) is 0.316. The highest BCUT2D eigenvalue weighted by Crippen LogP contribution is 2.27. The molecule has 2 heterocycles. The van der Waals surface area contributed by atoms with Crippen molar-refractivity contribution < 1.29 is 14.1 Å². The van der Waals surface area contributed by atoms with Gasteiger partial charge in [-0.25, -0.2) is 4.79 Å². The van der Waals surface area contributed by atoms with Gasteiger partial charge in [0, 0.05) is 24.0 Å². The SMILES string of the molecule is CCOc1ccc(NC(=O)NCc2noc(C(C)C)n2)cc1-n1cccc1. The van der Waals surface area contributed by atoms with Gasteiger partial charge in [0.15, 0.2) is 5.82 Å². The van der Waals surface area contributed by atoms with Gasteiger partial charge in [-0.2, -0.15) is 4.98 Å². The Morgan fingerprint density at radius 3 is 2.74 bits per heavy atom. The zero-order valence-electron chi connectivity index (χ0n) is 15.6. The predicted molar refractivity (Wildman–Crippen MR) is 101 cm³/mol. The minimum absolute atomic E-state index is 0.149. The van der Waals surface area contributed by atoms with E-state index < -0.39 is 0 Å². The number of carbonyl (C=O) groups is 1. The van der Waals surface area contributed by atoms with Crippen LogP contribution in [0, 0.1) is 0 Å². The van der Waals surface area contributed by atoms with Crippen LogP contribution in [-0.4, -0.2) is 27.3 Å². The molecule has 3 aromatic rings. The Morgan fingerprint density at radius 2 is 2.07 bits per heavy atom. The summed E-state index contributed by atoms with van der Waals surface area (Å²) in [5.41, 5.74) is 1.50. The summed E-state index contributed by atoms with van der Waals surface area (Å²) in [6.07, 6.45) is 3.84. The van der Waals surface area contributed by atoms with Gasteiger partial charge in [0.1, 0.15) is 5.75 Å². The molecule has 0 bridgehead atoms. The lowest BCUT2D eigenvalue weighted by atomic mass is 10.2. The van der Waals surface area contributed by atoms with Gasteiger partial charge >= 0.3 is 6.03 Å². The van der Waals surface area contributed by atoms with Crippen molar-refractivity contribution in [2.75, 3.05) is 11.9 Å². The number of benzene rings is 1. The van der Waals surface area contributed by atoms with Gasteiger partial charge in [-0.05, 0) is 37.3 Å². The molecule has 0 saturated carbocycles. The van der Waals surface area contributed by atoms with Crippen LogP contribution in [0.5, 0.6) is 5.75 Å². The summed E-state index contributed by atoms with van der Waals surface area (Å²) in [6, 6.07) is 8.99. The highest BCUT2D eigenvalue weighted by atomic mass is 16.5. The van der Waals surface area contributed by atoms with Crippen LogP contribution in [0.1, 0.15) is 38.4 Å². The van der Waals surface area contributed by atoms with Crippen molar-refractivity contribution in [3.63, 3.8) is 0 Å². The molecule has 27 heavy (non-hydrogen) atoms. The molecule has 0 spiro atoms. The smallest absolute Gasteiger partial charge is 0.319 e. The van der Waals surface area contributed by atoms with Gasteiger partial charge in [-0.1, -0.05) is 19.0 Å². The van der Waals surface area contributed by atoms with Crippen LogP contribution in [0.3, 0.4) is 0 Å². The third-order valence-corrected chi connectivity index (χ3v) is 3.78. The first-order valence-corrected chi connectivity index (χ1v) is 8.84. The lowest BCUT2D eigenvalue weighted by molar-refractivity contribution is 0.251. The molecular formula is C19H23N5O3. The molecule has 0 atom stereocenters. The van der Waals surface area contributed by atoms with Crippen molar-refractivity contribution in [2.24, 2.45) is 0 Å². The molecule has 2 aromatic heterocycles. The van der Waals surface area contributed by atoms with Crippen LogP contribution in [0.25, 0.3) is 5.69 Å². The minimum atomic E-state index is -0.353. The topological polar surface area (TPSA) is 94.2 Å². The van der Waals surface area contributed by atoms with E-state index in [0.29, 0.717) is 24.0 Å². The van der Waals surface area contributed by atoms with Crippen LogP contribution < -0.4 is 15.4 Å². The largest absolute Gasteiger partial charge is 0.492 e. The molecule has 8 nitrogen and oxygen atoms in total. The second kappa shape index (κ2) is 8.39. The third kappa shape index (κ3) is 4.66. The Balaban J connectivity index is 1.65. The van der Waals surface area contributed by atoms with Crippen molar-refractivity contribution in [3.05, 3.63) is 54.4 Å². The number of rotatable bonds is 7. The molecule has 142 valence electrons. The standard InChI is InChI=1S/C19H23N5O3/c1-4-26-16-8-7-14(11-15(16)24-9-5-6-10-24)21-19(25)20-12-17-22-18(13(2)3)27-23-17/h5-11,13H,4,12H2,1-3H3,(H2,20,21,25). The van der Waals surface area contributed by atoms with E-state index in [1.165, 1.54) is 0 Å². The van der Waals surface area contributed by atoms with E-state index in [1.807, 2.05) is 62.0 Å². The van der Waals surface area contributed by atoms with Crippen molar-refractivity contribution in [1.29, 1.82) is 0 Å². The average Bonchev–Trinajstić information content (AvgIpc) is 3.33. The van der Waals surface area contributed by atoms with Crippen LogP contribution in [-0.2, 0) is 6.54 Å². The summed E-state index contributed by atoms with van der Waals surface area (Å²) in [6.45, 7) is 6.60. The maximum Gasteiger partial charge on any atom is 0.319 e. The molecule has 3 rings (SSSR count). The first-order valence-electron chi connectivity index (χ1n) is 8.84. The average molecular weight is 369 g/mol. The molecule has 2 amide bonds. The fourth-order valence-corrected chi connectivity index (χ4v) is 2.48. The summed E-state index contributed by atoms with van der Waals surface area (Å²) in [5.74, 6) is 1.88. The van der Waals surface area contributed by atoms with E-state index in [2.05, 4.69) is 20.8 Å². The quantitative estimate of drug-likeness (QED) is 0.662. The Hall–Kier alpha value is -3.29. The number of hydrogen-bond donors (Lipinski definition) is 2. The summed E-state index contributed by atoms with van der Waals surface area (Å²) in [4.78, 5) is 16.4. The number of carbonyl (C=O) groups excluding carboxylic acids is 1. The maximum atomic E-state index is 12.2. The van der Waals surface area contributed by atoms with Crippen LogP contribution in [0.4, 0.5) is 10.5 Å². The zero-order valence-corrected chi connectivity index (χ0v) is 15.6. The highest BCUT2D eigenvalue weighted by Gasteiger charge is 2.12. The monoisotopic (exact) mass is 369 g/mol. The minimum Gasteiger partial charge on any atom is -0.492 e. The van der Waals surface area contributed by atoms with E-state index in [1.54, 1.807) is 6.07 Å².